The number of nitrogens with one attached hydrogen (secondary N) is 1. The van der Waals surface area contributed by atoms with Gasteiger partial charge in [0.1, 0.15) is 0 Å². The van der Waals surface area contributed by atoms with Gasteiger partial charge in [0.25, 0.3) is 5.91 Å². The van der Waals surface area contributed by atoms with E-state index in [2.05, 4.69) is 11.8 Å². The molecule has 4 rings (SSSR count). The zero-order chi connectivity index (χ0) is 24.7. The van der Waals surface area contributed by atoms with Crippen LogP contribution >= 0.6 is 0 Å². The molecule has 180 valence electrons. The predicted molar refractivity (Wildman–Crippen MR) is 124 cm³/mol. The molecule has 1 aliphatic heterocycles. The SMILES string of the molecule is C[C@@](CCN1Cc2cc(C#Cc3ccc([C@H]4C[C@@H]4CO)cc3)cn2C1=O)(C(=O)NO)S(C)(=O)=O. The van der Waals surface area contributed by atoms with Crippen LogP contribution < -0.4 is 5.48 Å². The van der Waals surface area contributed by atoms with Crippen molar-refractivity contribution < 1.29 is 28.3 Å². The molecule has 0 saturated heterocycles. The lowest BCUT2D eigenvalue weighted by atomic mass is 10.1. The van der Waals surface area contributed by atoms with Gasteiger partial charge in [0.05, 0.1) is 6.54 Å². The van der Waals surface area contributed by atoms with Crippen molar-refractivity contribution in [1.29, 1.82) is 0 Å². The van der Waals surface area contributed by atoms with Gasteiger partial charge in [0.15, 0.2) is 14.6 Å². The summed E-state index contributed by atoms with van der Waals surface area (Å²) < 4.78 is 23.9. The first-order valence-corrected chi connectivity index (χ1v) is 12.8. The Morgan fingerprint density at radius 1 is 1.24 bits per heavy atom. The largest absolute Gasteiger partial charge is 0.396 e. The van der Waals surface area contributed by atoms with Gasteiger partial charge in [-0.25, -0.2) is 18.7 Å². The number of carbonyl (C=O) groups excluding carboxylic acids is 2. The minimum Gasteiger partial charge on any atom is -0.396 e. The summed E-state index contributed by atoms with van der Waals surface area (Å²) in [6, 6.07) is 9.46. The minimum absolute atomic E-state index is 0.0308. The molecule has 1 aromatic heterocycles. The number of aromatic nitrogens is 1. The summed E-state index contributed by atoms with van der Waals surface area (Å²) in [5, 5.41) is 18.2. The molecule has 0 radical (unpaired) electrons. The highest BCUT2D eigenvalue weighted by molar-refractivity contribution is 7.92. The highest BCUT2D eigenvalue weighted by Crippen LogP contribution is 2.46. The standard InChI is InChI=1S/C24H27N3O6S/c1-24(22(29)25-31,34(2,32)33)9-10-26-14-20-11-17(13-27(20)23(26)30)4-3-16-5-7-18(8-6-16)21-12-19(21)15-28/h5-8,11,13,19,21,28,31H,9-10,12,14-15H2,1-2H3,(H,25,29)/t19-,21-,24-/m1/s1. The van der Waals surface area contributed by atoms with Gasteiger partial charge >= 0.3 is 6.03 Å². The van der Waals surface area contributed by atoms with E-state index in [1.165, 1.54) is 27.4 Å². The summed E-state index contributed by atoms with van der Waals surface area (Å²) in [5.41, 5.74) is 4.89. The lowest BCUT2D eigenvalue weighted by Crippen LogP contribution is -2.50. The van der Waals surface area contributed by atoms with Crippen molar-refractivity contribution in [3.8, 4) is 11.8 Å². The van der Waals surface area contributed by atoms with Crippen LogP contribution in [0.5, 0.6) is 0 Å². The first-order chi connectivity index (χ1) is 16.1. The van der Waals surface area contributed by atoms with Gasteiger partial charge in [-0.3, -0.25) is 14.6 Å². The Kier molecular flexibility index (Phi) is 6.29. The Hall–Kier alpha value is -3.13. The van der Waals surface area contributed by atoms with E-state index in [4.69, 9.17) is 5.21 Å². The summed E-state index contributed by atoms with van der Waals surface area (Å²) in [4.78, 5) is 26.2. The van der Waals surface area contributed by atoms with Crippen LogP contribution in [0.15, 0.2) is 36.5 Å². The average molecular weight is 486 g/mol. The van der Waals surface area contributed by atoms with Crippen LogP contribution in [0, 0.1) is 17.8 Å². The van der Waals surface area contributed by atoms with E-state index < -0.39 is 20.5 Å². The van der Waals surface area contributed by atoms with Crippen molar-refractivity contribution in [1.82, 2.24) is 14.9 Å². The normalized spacial score (nSPS) is 20.8. The molecule has 3 atom stereocenters. The first kappa shape index (κ1) is 24.0. The molecule has 1 aromatic carbocycles. The van der Waals surface area contributed by atoms with E-state index in [-0.39, 0.29) is 32.1 Å². The third-order valence-corrected chi connectivity index (χ3v) is 8.86. The Morgan fingerprint density at radius 3 is 2.47 bits per heavy atom. The highest BCUT2D eigenvalue weighted by atomic mass is 32.2. The van der Waals surface area contributed by atoms with E-state index in [1.54, 1.807) is 6.20 Å². The highest BCUT2D eigenvalue weighted by Gasteiger charge is 2.44. The first-order valence-electron chi connectivity index (χ1n) is 10.9. The Labute approximate surface area is 198 Å². The Balaban J connectivity index is 1.40. The zero-order valence-corrected chi connectivity index (χ0v) is 19.8. The molecule has 34 heavy (non-hydrogen) atoms. The molecule has 2 amide bonds. The van der Waals surface area contributed by atoms with E-state index in [0.29, 0.717) is 17.4 Å². The van der Waals surface area contributed by atoms with E-state index >= 15 is 0 Å². The Morgan fingerprint density at radius 2 is 1.91 bits per heavy atom. The average Bonchev–Trinajstić information content (AvgIpc) is 3.41. The molecule has 1 aliphatic carbocycles. The third-order valence-electron chi connectivity index (χ3n) is 6.84. The molecule has 1 fully saturated rings. The molecule has 2 aromatic rings. The lowest BCUT2D eigenvalue weighted by molar-refractivity contribution is -0.131. The topological polar surface area (TPSA) is 129 Å². The van der Waals surface area contributed by atoms with Gasteiger partial charge in [0.2, 0.25) is 0 Å². The van der Waals surface area contributed by atoms with Crippen LogP contribution in [-0.4, -0.2) is 64.3 Å². The minimum atomic E-state index is -3.83. The van der Waals surface area contributed by atoms with Gasteiger partial charge in [-0.1, -0.05) is 24.0 Å². The number of aliphatic hydroxyl groups is 1. The van der Waals surface area contributed by atoms with Crippen LogP contribution in [0.3, 0.4) is 0 Å². The van der Waals surface area contributed by atoms with E-state index in [1.807, 2.05) is 30.3 Å². The number of sulfone groups is 1. The molecule has 9 nitrogen and oxygen atoms in total. The number of aliphatic hydroxyl groups excluding tert-OH is 1. The maximum absolute atomic E-state index is 12.8. The van der Waals surface area contributed by atoms with Crippen LogP contribution in [0.1, 0.15) is 48.1 Å². The lowest BCUT2D eigenvalue weighted by Gasteiger charge is -2.27. The van der Waals surface area contributed by atoms with Gasteiger partial charge < -0.3 is 10.0 Å². The van der Waals surface area contributed by atoms with E-state index in [0.717, 1.165) is 23.9 Å². The summed E-state index contributed by atoms with van der Waals surface area (Å²) >= 11 is 0. The number of carbonyl (C=O) groups is 2. The van der Waals surface area contributed by atoms with Crippen molar-refractivity contribution in [2.45, 2.75) is 37.0 Å². The van der Waals surface area contributed by atoms with Gasteiger partial charge in [0, 0.05) is 42.4 Å². The second-order valence-electron chi connectivity index (χ2n) is 9.15. The van der Waals surface area contributed by atoms with Crippen LogP contribution in [0.4, 0.5) is 4.79 Å². The second-order valence-corrected chi connectivity index (χ2v) is 11.6. The molecule has 0 unspecified atom stereocenters. The van der Waals surface area contributed by atoms with Crippen molar-refractivity contribution in [3.63, 3.8) is 0 Å². The Bertz CT molecular complexity index is 1290. The van der Waals surface area contributed by atoms with Crippen LogP contribution in [-0.2, 0) is 21.2 Å². The fourth-order valence-electron chi connectivity index (χ4n) is 4.22. The van der Waals surface area contributed by atoms with Crippen molar-refractivity contribution in [2.75, 3.05) is 19.4 Å². The number of hydrogen-bond donors (Lipinski definition) is 3. The molecule has 2 aliphatic rings. The third kappa shape index (κ3) is 4.46. The molecule has 3 N–H and O–H groups in total. The molecular formula is C24H27N3O6S. The van der Waals surface area contributed by atoms with Crippen molar-refractivity contribution in [2.24, 2.45) is 5.92 Å². The number of benzene rings is 1. The zero-order valence-electron chi connectivity index (χ0n) is 19.0. The number of rotatable bonds is 7. The quantitative estimate of drug-likeness (QED) is 0.309. The summed E-state index contributed by atoms with van der Waals surface area (Å²) in [6.45, 7) is 1.74. The molecule has 2 heterocycles. The van der Waals surface area contributed by atoms with Gasteiger partial charge in [-0.05, 0) is 55.4 Å². The maximum atomic E-state index is 12.8. The fourth-order valence-corrected chi connectivity index (χ4v) is 5.06. The molecule has 0 spiro atoms. The molecular weight excluding hydrogens is 458 g/mol. The van der Waals surface area contributed by atoms with Gasteiger partial charge in [-0.15, -0.1) is 0 Å². The van der Waals surface area contributed by atoms with E-state index in [9.17, 15) is 23.1 Å². The van der Waals surface area contributed by atoms with Crippen molar-refractivity contribution in [3.05, 3.63) is 58.9 Å². The number of fused-ring (bicyclic) bond motifs is 1. The van der Waals surface area contributed by atoms with Crippen LogP contribution in [0.25, 0.3) is 0 Å². The number of hydrogen-bond acceptors (Lipinski definition) is 6. The number of hydroxylamine groups is 1. The molecule has 10 heteroatoms. The monoisotopic (exact) mass is 485 g/mol. The fraction of sp³-hybridized carbons (Fsp3) is 0.417. The summed E-state index contributed by atoms with van der Waals surface area (Å²) in [6.07, 6.45) is 3.43. The summed E-state index contributed by atoms with van der Waals surface area (Å²) in [7, 11) is -3.83. The number of nitrogens with zero attached hydrogens (tertiary/aromatic N) is 2. The molecule has 0 bridgehead atoms. The molecule has 1 saturated carbocycles. The van der Waals surface area contributed by atoms with Gasteiger partial charge in [-0.2, -0.15) is 0 Å². The number of amides is 2. The second kappa shape index (κ2) is 8.91. The smallest absolute Gasteiger partial charge is 0.328 e. The van der Waals surface area contributed by atoms with Crippen molar-refractivity contribution >= 4 is 21.8 Å². The predicted octanol–water partition coefficient (Wildman–Crippen LogP) is 1.47. The summed E-state index contributed by atoms with van der Waals surface area (Å²) in [5.74, 6) is 5.93. The maximum Gasteiger partial charge on any atom is 0.328 e. The van der Waals surface area contributed by atoms with Crippen LogP contribution in [0.2, 0.25) is 0 Å².